The molecule has 0 heterocycles. The average Bonchev–Trinajstić information content (AvgIpc) is 2.37. The highest BCUT2D eigenvalue weighted by molar-refractivity contribution is 7.89. The average molecular weight is 339 g/mol. The highest BCUT2D eigenvalue weighted by Crippen LogP contribution is 2.22. The Balaban J connectivity index is 2.80. The fraction of sp³-hybridized carbons (Fsp3) is 0.538. The van der Waals surface area contributed by atoms with Crippen LogP contribution in [-0.2, 0) is 10.0 Å². The summed E-state index contributed by atoms with van der Waals surface area (Å²) >= 11 is 11.7. The van der Waals surface area contributed by atoms with Crippen LogP contribution in [0.15, 0.2) is 23.1 Å². The highest BCUT2D eigenvalue weighted by atomic mass is 35.5. The Morgan fingerprint density at radius 3 is 2.10 bits per heavy atom. The van der Waals surface area contributed by atoms with Crippen molar-refractivity contribution in [2.24, 2.45) is 0 Å². The minimum atomic E-state index is -3.60. The first-order valence-electron chi connectivity index (χ1n) is 6.50. The zero-order valence-corrected chi connectivity index (χ0v) is 14.2. The summed E-state index contributed by atoms with van der Waals surface area (Å²) in [5.74, 6) is 0. The van der Waals surface area contributed by atoms with E-state index in [0.29, 0.717) is 16.6 Å². The van der Waals surface area contributed by atoms with E-state index in [1.807, 2.05) is 20.8 Å². The maximum Gasteiger partial charge on any atom is 0.240 e. The predicted octanol–water partition coefficient (Wildman–Crippen LogP) is 3.00. The van der Waals surface area contributed by atoms with Gasteiger partial charge in [0.05, 0.1) is 4.90 Å². The molecule has 4 nitrogen and oxygen atoms in total. The molecule has 0 radical (unpaired) electrons. The molecule has 0 aliphatic heterocycles. The van der Waals surface area contributed by atoms with Crippen LogP contribution in [0.5, 0.6) is 0 Å². The third-order valence-corrected chi connectivity index (χ3v) is 4.99. The van der Waals surface area contributed by atoms with Gasteiger partial charge in [0.25, 0.3) is 0 Å². The Labute approximate surface area is 131 Å². The van der Waals surface area contributed by atoms with Crippen LogP contribution >= 0.6 is 23.2 Å². The van der Waals surface area contributed by atoms with E-state index in [1.54, 1.807) is 0 Å². The number of hydrogen-bond acceptors (Lipinski definition) is 3. The van der Waals surface area contributed by atoms with E-state index in [9.17, 15) is 8.42 Å². The minimum Gasteiger partial charge on any atom is -0.300 e. The van der Waals surface area contributed by atoms with Crippen molar-refractivity contribution in [1.82, 2.24) is 9.62 Å². The third-order valence-electron chi connectivity index (χ3n) is 3.15. The number of rotatable bonds is 7. The molecule has 114 valence electrons. The SMILES string of the molecule is CCN(CC)[C@@H](C)CNS(=O)(=O)c1cc(Cl)cc(Cl)c1. The number of nitrogens with one attached hydrogen (secondary N) is 1. The molecule has 0 bridgehead atoms. The lowest BCUT2D eigenvalue weighted by Crippen LogP contribution is -2.41. The van der Waals surface area contributed by atoms with Gasteiger partial charge in [-0.25, -0.2) is 13.1 Å². The Morgan fingerprint density at radius 2 is 1.65 bits per heavy atom. The van der Waals surface area contributed by atoms with E-state index in [-0.39, 0.29) is 10.9 Å². The van der Waals surface area contributed by atoms with Gasteiger partial charge < -0.3 is 0 Å². The first-order chi connectivity index (χ1) is 9.30. The van der Waals surface area contributed by atoms with Gasteiger partial charge >= 0.3 is 0 Å². The summed E-state index contributed by atoms with van der Waals surface area (Å²) in [6.07, 6.45) is 0. The maximum atomic E-state index is 12.2. The van der Waals surface area contributed by atoms with Gasteiger partial charge in [0, 0.05) is 22.6 Å². The molecule has 0 aliphatic rings. The number of likely N-dealkylation sites (N-methyl/N-ethyl adjacent to an activating group) is 1. The standard InChI is InChI=1S/C13H20Cl2N2O2S/c1-4-17(5-2)10(3)9-16-20(18,19)13-7-11(14)6-12(15)8-13/h6-8,10,16H,4-5,9H2,1-3H3/t10-/m0/s1. The predicted molar refractivity (Wildman–Crippen MR) is 84.0 cm³/mol. The van der Waals surface area contributed by atoms with Gasteiger partial charge in [-0.1, -0.05) is 37.0 Å². The molecule has 0 aromatic heterocycles. The summed E-state index contributed by atoms with van der Waals surface area (Å²) in [5, 5.41) is 0.601. The molecule has 0 saturated heterocycles. The van der Waals surface area contributed by atoms with Crippen LogP contribution in [0.25, 0.3) is 0 Å². The summed E-state index contributed by atoms with van der Waals surface area (Å²) in [6.45, 7) is 8.18. The number of hydrogen-bond donors (Lipinski definition) is 1. The highest BCUT2D eigenvalue weighted by Gasteiger charge is 2.18. The van der Waals surface area contributed by atoms with Crippen LogP contribution in [0.4, 0.5) is 0 Å². The third kappa shape index (κ3) is 4.90. The van der Waals surface area contributed by atoms with Crippen molar-refractivity contribution in [3.05, 3.63) is 28.2 Å². The molecule has 0 aliphatic carbocycles. The van der Waals surface area contributed by atoms with Gasteiger partial charge in [0.1, 0.15) is 0 Å². The van der Waals surface area contributed by atoms with Crippen LogP contribution in [0, 0.1) is 0 Å². The lowest BCUT2D eigenvalue weighted by molar-refractivity contribution is 0.232. The second-order valence-corrected chi connectivity index (χ2v) is 7.17. The largest absolute Gasteiger partial charge is 0.300 e. The second kappa shape index (κ2) is 7.61. The zero-order chi connectivity index (χ0) is 15.3. The first kappa shape index (κ1) is 17.7. The molecule has 1 atom stereocenters. The molecule has 0 unspecified atom stereocenters. The molecule has 0 amide bonds. The van der Waals surface area contributed by atoms with Crippen molar-refractivity contribution >= 4 is 33.2 Å². The first-order valence-corrected chi connectivity index (χ1v) is 8.73. The van der Waals surface area contributed by atoms with Crippen LogP contribution < -0.4 is 4.72 Å². The number of halogens is 2. The lowest BCUT2D eigenvalue weighted by atomic mass is 10.3. The van der Waals surface area contributed by atoms with Crippen molar-refractivity contribution in [1.29, 1.82) is 0 Å². The summed E-state index contributed by atoms with van der Waals surface area (Å²) < 4.78 is 27.0. The quantitative estimate of drug-likeness (QED) is 0.831. The normalized spacial score (nSPS) is 13.7. The fourth-order valence-electron chi connectivity index (χ4n) is 1.97. The molecule has 1 aromatic carbocycles. The summed E-state index contributed by atoms with van der Waals surface area (Å²) in [5.41, 5.74) is 0. The Hall–Kier alpha value is -0.330. The van der Waals surface area contributed by atoms with E-state index in [0.717, 1.165) is 13.1 Å². The number of benzene rings is 1. The number of sulfonamides is 1. The molecule has 1 N–H and O–H groups in total. The van der Waals surface area contributed by atoms with Gasteiger partial charge in [-0.05, 0) is 38.2 Å². The molecule has 0 saturated carbocycles. The second-order valence-electron chi connectivity index (χ2n) is 4.53. The lowest BCUT2D eigenvalue weighted by Gasteiger charge is -2.26. The summed E-state index contributed by atoms with van der Waals surface area (Å²) in [7, 11) is -3.60. The molecule has 20 heavy (non-hydrogen) atoms. The van der Waals surface area contributed by atoms with Crippen molar-refractivity contribution < 1.29 is 8.42 Å². The van der Waals surface area contributed by atoms with Crippen LogP contribution in [0.2, 0.25) is 10.0 Å². The van der Waals surface area contributed by atoms with Crippen molar-refractivity contribution in [2.45, 2.75) is 31.7 Å². The molecular weight excluding hydrogens is 319 g/mol. The van der Waals surface area contributed by atoms with Gasteiger partial charge in [-0.15, -0.1) is 0 Å². The summed E-state index contributed by atoms with van der Waals surface area (Å²) in [4.78, 5) is 2.26. The topological polar surface area (TPSA) is 49.4 Å². The van der Waals surface area contributed by atoms with Crippen LogP contribution in [0.1, 0.15) is 20.8 Å². The molecule has 0 spiro atoms. The number of nitrogens with zero attached hydrogens (tertiary/aromatic N) is 1. The Kier molecular flexibility index (Phi) is 6.75. The molecule has 1 rings (SSSR count). The van der Waals surface area contributed by atoms with Crippen molar-refractivity contribution in [3.63, 3.8) is 0 Å². The van der Waals surface area contributed by atoms with Crippen molar-refractivity contribution in [3.8, 4) is 0 Å². The zero-order valence-electron chi connectivity index (χ0n) is 11.9. The molecule has 1 aromatic rings. The van der Waals surface area contributed by atoms with E-state index < -0.39 is 10.0 Å². The van der Waals surface area contributed by atoms with Crippen molar-refractivity contribution in [2.75, 3.05) is 19.6 Å². The maximum absolute atomic E-state index is 12.2. The smallest absolute Gasteiger partial charge is 0.240 e. The van der Waals surface area contributed by atoms with E-state index >= 15 is 0 Å². The Morgan fingerprint density at radius 1 is 1.15 bits per heavy atom. The van der Waals surface area contributed by atoms with E-state index in [4.69, 9.17) is 23.2 Å². The Bertz CT molecular complexity index is 525. The fourth-order valence-corrected chi connectivity index (χ4v) is 3.82. The molecule has 0 fully saturated rings. The molecule has 7 heteroatoms. The van der Waals surface area contributed by atoms with Gasteiger partial charge in [-0.2, -0.15) is 0 Å². The molecular formula is C13H20Cl2N2O2S. The van der Waals surface area contributed by atoms with E-state index in [2.05, 4.69) is 9.62 Å². The summed E-state index contributed by atoms with van der Waals surface area (Å²) in [6, 6.07) is 4.39. The minimum absolute atomic E-state index is 0.0850. The monoisotopic (exact) mass is 338 g/mol. The van der Waals surface area contributed by atoms with E-state index in [1.165, 1.54) is 18.2 Å². The van der Waals surface area contributed by atoms with Gasteiger partial charge in [0.2, 0.25) is 10.0 Å². The van der Waals surface area contributed by atoms with Gasteiger partial charge in [-0.3, -0.25) is 4.90 Å². The van der Waals surface area contributed by atoms with Gasteiger partial charge in [0.15, 0.2) is 0 Å². The van der Waals surface area contributed by atoms with Crippen LogP contribution in [0.3, 0.4) is 0 Å². The van der Waals surface area contributed by atoms with Crippen LogP contribution in [-0.4, -0.2) is 39.0 Å².